The van der Waals surface area contributed by atoms with E-state index in [-0.39, 0.29) is 18.0 Å². The molecular weight excluding hydrogens is 332 g/mol. The zero-order chi connectivity index (χ0) is 18.4. The minimum Gasteiger partial charge on any atom is -0.351 e. The van der Waals surface area contributed by atoms with Gasteiger partial charge in [-0.15, -0.1) is 0 Å². The van der Waals surface area contributed by atoms with Crippen molar-refractivity contribution in [2.45, 2.75) is 57.5 Å². The Kier molecular flexibility index (Phi) is 4.14. The highest BCUT2D eigenvalue weighted by molar-refractivity contribution is 5.84. The first kappa shape index (κ1) is 17.1. The van der Waals surface area contributed by atoms with Crippen LogP contribution in [-0.2, 0) is 4.79 Å². The van der Waals surface area contributed by atoms with Crippen molar-refractivity contribution in [1.29, 1.82) is 0 Å². The van der Waals surface area contributed by atoms with Crippen molar-refractivity contribution in [1.82, 2.24) is 9.88 Å². The van der Waals surface area contributed by atoms with Crippen LogP contribution in [0.4, 0.5) is 0 Å². The van der Waals surface area contributed by atoms with E-state index in [2.05, 4.69) is 24.4 Å². The van der Waals surface area contributed by atoms with Crippen LogP contribution in [0.3, 0.4) is 0 Å². The third-order valence-electron chi connectivity index (χ3n) is 7.65. The van der Waals surface area contributed by atoms with Gasteiger partial charge in [0, 0.05) is 18.4 Å². The Morgan fingerprint density at radius 2 is 1.52 bits per heavy atom. The van der Waals surface area contributed by atoms with Gasteiger partial charge in [0.05, 0.1) is 0 Å². The Morgan fingerprint density at radius 3 is 2.07 bits per heavy atom. The lowest BCUT2D eigenvalue weighted by Crippen LogP contribution is -2.56. The molecule has 4 aliphatic rings. The van der Waals surface area contributed by atoms with E-state index in [1.165, 1.54) is 38.5 Å². The highest BCUT2D eigenvalue weighted by atomic mass is 16.2. The van der Waals surface area contributed by atoms with Gasteiger partial charge < -0.3 is 9.88 Å². The van der Waals surface area contributed by atoms with Gasteiger partial charge in [0.15, 0.2) is 0 Å². The summed E-state index contributed by atoms with van der Waals surface area (Å²) in [6, 6.07) is 14.1. The lowest BCUT2D eigenvalue weighted by atomic mass is 9.48. The number of carbonyl (C=O) groups is 1. The summed E-state index contributed by atoms with van der Waals surface area (Å²) in [5.74, 6) is 2.85. The molecule has 1 aromatic carbocycles. The number of hydrogen-bond donors (Lipinski definition) is 1. The van der Waals surface area contributed by atoms with Gasteiger partial charge >= 0.3 is 0 Å². The first-order chi connectivity index (χ1) is 13.1. The summed E-state index contributed by atoms with van der Waals surface area (Å²) in [5.41, 5.74) is 1.38. The second-order valence-electron chi connectivity index (χ2n) is 9.45. The van der Waals surface area contributed by atoms with Crippen molar-refractivity contribution in [2.75, 3.05) is 0 Å². The van der Waals surface area contributed by atoms with Crippen LogP contribution in [0.5, 0.6) is 0 Å². The van der Waals surface area contributed by atoms with E-state index < -0.39 is 0 Å². The van der Waals surface area contributed by atoms with Crippen LogP contribution < -0.4 is 5.32 Å². The van der Waals surface area contributed by atoms with Crippen LogP contribution >= 0.6 is 0 Å². The van der Waals surface area contributed by atoms with Crippen LogP contribution in [0.1, 0.15) is 57.1 Å². The van der Waals surface area contributed by atoms with E-state index >= 15 is 0 Å². The van der Waals surface area contributed by atoms with Gasteiger partial charge in [-0.1, -0.05) is 30.3 Å². The average molecular weight is 363 g/mol. The number of rotatable bonds is 5. The fourth-order valence-electron chi connectivity index (χ4n) is 6.77. The SMILES string of the molecule is CC(NC(=O)[C@H](c1ccccc1)n1cccc1)C12CC3CC(CC(C3)C1)C2. The van der Waals surface area contributed by atoms with E-state index in [1.54, 1.807) is 0 Å². The van der Waals surface area contributed by atoms with Gasteiger partial charge in [0.1, 0.15) is 6.04 Å². The quantitative estimate of drug-likeness (QED) is 0.814. The summed E-state index contributed by atoms with van der Waals surface area (Å²) < 4.78 is 2.02. The summed E-state index contributed by atoms with van der Waals surface area (Å²) in [5, 5.41) is 3.46. The minimum absolute atomic E-state index is 0.126. The molecule has 3 nitrogen and oxygen atoms in total. The summed E-state index contributed by atoms with van der Waals surface area (Å²) >= 11 is 0. The number of nitrogens with one attached hydrogen (secondary N) is 1. The van der Waals surface area contributed by atoms with E-state index in [1.807, 2.05) is 47.3 Å². The summed E-state index contributed by atoms with van der Waals surface area (Å²) in [4.78, 5) is 13.4. The van der Waals surface area contributed by atoms with Crippen molar-refractivity contribution in [2.24, 2.45) is 23.2 Å². The van der Waals surface area contributed by atoms with Crippen LogP contribution in [0.2, 0.25) is 0 Å². The first-order valence-corrected chi connectivity index (χ1v) is 10.6. The standard InChI is InChI=1S/C24H30N2O/c1-17(24-14-18-11-19(15-24)13-20(12-18)16-24)25-23(27)22(26-9-5-6-10-26)21-7-3-2-4-8-21/h2-10,17-20,22H,11-16H2,1H3,(H,25,27)/t17?,18?,19?,20?,22-,24?/m0/s1. The molecule has 1 heterocycles. The maximum Gasteiger partial charge on any atom is 0.247 e. The number of hydrogen-bond acceptors (Lipinski definition) is 1. The predicted octanol–water partition coefficient (Wildman–Crippen LogP) is 4.80. The second kappa shape index (κ2) is 6.54. The number of nitrogens with zero attached hydrogens (tertiary/aromatic N) is 1. The van der Waals surface area contributed by atoms with Crippen LogP contribution in [0.25, 0.3) is 0 Å². The molecule has 1 amide bonds. The molecular formula is C24H30N2O. The zero-order valence-corrected chi connectivity index (χ0v) is 16.2. The molecule has 1 unspecified atom stereocenters. The Morgan fingerprint density at radius 1 is 0.963 bits per heavy atom. The largest absolute Gasteiger partial charge is 0.351 e. The lowest BCUT2D eigenvalue weighted by Gasteiger charge is -2.59. The van der Waals surface area contributed by atoms with Gasteiger partial charge in [-0.25, -0.2) is 0 Å². The molecule has 142 valence electrons. The van der Waals surface area contributed by atoms with E-state index in [4.69, 9.17) is 0 Å². The zero-order valence-electron chi connectivity index (χ0n) is 16.2. The molecule has 4 bridgehead atoms. The predicted molar refractivity (Wildman–Crippen MR) is 107 cm³/mol. The third kappa shape index (κ3) is 3.01. The Hall–Kier alpha value is -2.03. The van der Waals surface area contributed by atoms with Crippen LogP contribution in [0.15, 0.2) is 54.9 Å². The van der Waals surface area contributed by atoms with Crippen molar-refractivity contribution < 1.29 is 4.79 Å². The summed E-state index contributed by atoms with van der Waals surface area (Å²) in [6.45, 7) is 2.27. The van der Waals surface area contributed by atoms with Crippen molar-refractivity contribution in [3.05, 3.63) is 60.4 Å². The molecule has 4 aliphatic carbocycles. The molecule has 0 aliphatic heterocycles. The summed E-state index contributed by atoms with van der Waals surface area (Å²) in [7, 11) is 0. The van der Waals surface area contributed by atoms with Crippen molar-refractivity contribution in [3.8, 4) is 0 Å². The molecule has 2 aromatic rings. The Bertz CT molecular complexity index is 760. The molecule has 4 fully saturated rings. The molecule has 6 rings (SSSR count). The summed E-state index contributed by atoms with van der Waals surface area (Å²) in [6.07, 6.45) is 12.3. The molecule has 1 aromatic heterocycles. The number of aromatic nitrogens is 1. The molecule has 3 heteroatoms. The fraction of sp³-hybridized carbons (Fsp3) is 0.542. The second-order valence-corrected chi connectivity index (χ2v) is 9.45. The minimum atomic E-state index is -0.294. The van der Waals surface area contributed by atoms with E-state index in [0.29, 0.717) is 5.41 Å². The van der Waals surface area contributed by atoms with E-state index in [0.717, 1.165) is 23.3 Å². The number of benzene rings is 1. The maximum absolute atomic E-state index is 13.4. The molecule has 0 radical (unpaired) electrons. The van der Waals surface area contributed by atoms with Gasteiger partial charge in [0.25, 0.3) is 0 Å². The molecule has 27 heavy (non-hydrogen) atoms. The average Bonchev–Trinajstić information content (AvgIpc) is 3.16. The molecule has 2 atom stereocenters. The van der Waals surface area contributed by atoms with Gasteiger partial charge in [-0.2, -0.15) is 0 Å². The Labute approximate surface area is 162 Å². The molecule has 4 saturated carbocycles. The normalized spacial score (nSPS) is 33.6. The van der Waals surface area contributed by atoms with Crippen molar-refractivity contribution in [3.63, 3.8) is 0 Å². The number of amides is 1. The molecule has 1 N–H and O–H groups in total. The topological polar surface area (TPSA) is 34.0 Å². The van der Waals surface area contributed by atoms with Crippen molar-refractivity contribution >= 4 is 5.91 Å². The van der Waals surface area contributed by atoms with Gasteiger partial charge in [-0.05, 0) is 86.3 Å². The molecule has 0 saturated heterocycles. The molecule has 0 spiro atoms. The highest BCUT2D eigenvalue weighted by Crippen LogP contribution is 2.61. The maximum atomic E-state index is 13.4. The Balaban J connectivity index is 1.38. The lowest BCUT2D eigenvalue weighted by molar-refractivity contribution is -0.128. The van der Waals surface area contributed by atoms with Gasteiger partial charge in [0.2, 0.25) is 5.91 Å². The smallest absolute Gasteiger partial charge is 0.247 e. The monoisotopic (exact) mass is 362 g/mol. The van der Waals surface area contributed by atoms with Crippen LogP contribution in [-0.4, -0.2) is 16.5 Å². The third-order valence-corrected chi connectivity index (χ3v) is 7.65. The van der Waals surface area contributed by atoms with Gasteiger partial charge in [-0.3, -0.25) is 4.79 Å². The number of carbonyl (C=O) groups excluding carboxylic acids is 1. The van der Waals surface area contributed by atoms with E-state index in [9.17, 15) is 4.79 Å². The fourth-order valence-corrected chi connectivity index (χ4v) is 6.77. The highest BCUT2D eigenvalue weighted by Gasteiger charge is 2.53. The van der Waals surface area contributed by atoms with Crippen LogP contribution in [0, 0.1) is 23.2 Å². The first-order valence-electron chi connectivity index (χ1n) is 10.6.